The average molecular weight is 216 g/mol. The molecule has 0 radical (unpaired) electrons. The van der Waals surface area contributed by atoms with Crippen LogP contribution in [0.4, 0.5) is 0 Å². The van der Waals surface area contributed by atoms with Gasteiger partial charge in [0.1, 0.15) is 0 Å². The zero-order chi connectivity index (χ0) is 11.8. The molecule has 0 aliphatic heterocycles. The second-order valence-electron chi connectivity index (χ2n) is 3.69. The van der Waals surface area contributed by atoms with Gasteiger partial charge in [0, 0.05) is 6.54 Å². The van der Waals surface area contributed by atoms with Crippen LogP contribution in [0.25, 0.3) is 0 Å². The Morgan fingerprint density at radius 3 is 2.53 bits per heavy atom. The van der Waals surface area contributed by atoms with Gasteiger partial charge in [0.25, 0.3) is 0 Å². The van der Waals surface area contributed by atoms with E-state index in [0.29, 0.717) is 25.8 Å². The van der Waals surface area contributed by atoms with Gasteiger partial charge in [-0.05, 0) is 19.3 Å². The molecule has 0 aromatic rings. The molecule has 0 aromatic carbocycles. The van der Waals surface area contributed by atoms with Crippen LogP contribution in [-0.2, 0) is 9.59 Å². The molecule has 0 aliphatic rings. The Morgan fingerprint density at radius 2 is 2.07 bits per heavy atom. The van der Waals surface area contributed by atoms with Crippen molar-refractivity contribution in [2.24, 2.45) is 11.7 Å². The maximum atomic E-state index is 11.2. The summed E-state index contributed by atoms with van der Waals surface area (Å²) in [6.45, 7) is 3.99. The number of nitrogens with two attached hydrogens (primary N) is 1. The molecule has 2 atom stereocenters. The van der Waals surface area contributed by atoms with Gasteiger partial charge < -0.3 is 16.2 Å². The molecule has 0 saturated carbocycles. The Hall–Kier alpha value is -1.10. The predicted molar refractivity (Wildman–Crippen MR) is 57.3 cm³/mol. The van der Waals surface area contributed by atoms with Crippen LogP contribution in [0, 0.1) is 5.92 Å². The lowest BCUT2D eigenvalue weighted by Gasteiger charge is -2.10. The SMILES string of the molecule is CC[C@H](N)C(=O)NCCCC(C)C(=O)O. The molecule has 88 valence electrons. The molecule has 0 heterocycles. The summed E-state index contributed by atoms with van der Waals surface area (Å²) in [5.41, 5.74) is 5.50. The number of carbonyl (C=O) groups is 2. The number of carboxylic acids is 1. The molecular weight excluding hydrogens is 196 g/mol. The van der Waals surface area contributed by atoms with Crippen LogP contribution in [0.15, 0.2) is 0 Å². The summed E-state index contributed by atoms with van der Waals surface area (Å²) in [5.74, 6) is -1.33. The number of hydrogen-bond acceptors (Lipinski definition) is 3. The van der Waals surface area contributed by atoms with Crippen molar-refractivity contribution in [1.82, 2.24) is 5.32 Å². The molecule has 15 heavy (non-hydrogen) atoms. The maximum absolute atomic E-state index is 11.2. The quantitative estimate of drug-likeness (QED) is 0.535. The van der Waals surface area contributed by atoms with Crippen LogP contribution in [0.5, 0.6) is 0 Å². The Bertz CT molecular complexity index is 219. The topological polar surface area (TPSA) is 92.4 Å². The van der Waals surface area contributed by atoms with E-state index in [1.54, 1.807) is 6.92 Å². The fraction of sp³-hybridized carbons (Fsp3) is 0.800. The summed E-state index contributed by atoms with van der Waals surface area (Å²) in [5, 5.41) is 11.3. The van der Waals surface area contributed by atoms with Crippen molar-refractivity contribution in [3.8, 4) is 0 Å². The molecule has 5 heteroatoms. The van der Waals surface area contributed by atoms with E-state index in [9.17, 15) is 9.59 Å². The molecule has 0 aromatic heterocycles. The van der Waals surface area contributed by atoms with Gasteiger partial charge in [0.2, 0.25) is 5.91 Å². The van der Waals surface area contributed by atoms with Crippen LogP contribution in [0.2, 0.25) is 0 Å². The summed E-state index contributed by atoms with van der Waals surface area (Å²) in [6, 6.07) is -0.457. The fourth-order valence-corrected chi connectivity index (χ4v) is 1.06. The van der Waals surface area contributed by atoms with Crippen LogP contribution >= 0.6 is 0 Å². The molecule has 0 fully saturated rings. The van der Waals surface area contributed by atoms with Gasteiger partial charge in [-0.2, -0.15) is 0 Å². The monoisotopic (exact) mass is 216 g/mol. The van der Waals surface area contributed by atoms with E-state index in [-0.39, 0.29) is 11.8 Å². The molecule has 4 N–H and O–H groups in total. The lowest BCUT2D eigenvalue weighted by atomic mass is 10.1. The number of hydrogen-bond donors (Lipinski definition) is 3. The number of carbonyl (C=O) groups excluding carboxylic acids is 1. The molecule has 1 amide bonds. The predicted octanol–water partition coefficient (Wildman–Crippen LogP) is 0.341. The summed E-state index contributed by atoms with van der Waals surface area (Å²) in [4.78, 5) is 21.7. The zero-order valence-corrected chi connectivity index (χ0v) is 9.32. The van der Waals surface area contributed by atoms with Crippen LogP contribution in [0.1, 0.15) is 33.1 Å². The highest BCUT2D eigenvalue weighted by atomic mass is 16.4. The van der Waals surface area contributed by atoms with Crippen LogP contribution < -0.4 is 11.1 Å². The third kappa shape index (κ3) is 6.06. The van der Waals surface area contributed by atoms with Gasteiger partial charge in [-0.1, -0.05) is 13.8 Å². The Morgan fingerprint density at radius 1 is 1.47 bits per heavy atom. The summed E-state index contributed by atoms with van der Waals surface area (Å²) in [7, 11) is 0. The molecule has 0 saturated heterocycles. The average Bonchev–Trinajstić information content (AvgIpc) is 2.22. The van der Waals surface area contributed by atoms with E-state index in [4.69, 9.17) is 10.8 Å². The Balaban J connectivity index is 3.54. The van der Waals surface area contributed by atoms with Gasteiger partial charge in [-0.15, -0.1) is 0 Å². The first kappa shape index (κ1) is 13.9. The van der Waals surface area contributed by atoms with Gasteiger partial charge in [-0.25, -0.2) is 0 Å². The van der Waals surface area contributed by atoms with Crippen molar-refractivity contribution in [2.45, 2.75) is 39.2 Å². The summed E-state index contributed by atoms with van der Waals surface area (Å²) < 4.78 is 0. The number of carboxylic acid groups (broad SMARTS) is 1. The van der Waals surface area contributed by atoms with Crippen molar-refractivity contribution in [1.29, 1.82) is 0 Å². The van der Waals surface area contributed by atoms with E-state index in [1.807, 2.05) is 6.92 Å². The molecule has 5 nitrogen and oxygen atoms in total. The molecule has 1 unspecified atom stereocenters. The molecule has 0 bridgehead atoms. The molecule has 0 aliphatic carbocycles. The summed E-state index contributed by atoms with van der Waals surface area (Å²) >= 11 is 0. The minimum atomic E-state index is -0.799. The number of amides is 1. The lowest BCUT2D eigenvalue weighted by Crippen LogP contribution is -2.40. The number of aliphatic carboxylic acids is 1. The third-order valence-corrected chi connectivity index (χ3v) is 2.31. The fourth-order valence-electron chi connectivity index (χ4n) is 1.06. The third-order valence-electron chi connectivity index (χ3n) is 2.31. The van der Waals surface area contributed by atoms with Crippen molar-refractivity contribution in [3.63, 3.8) is 0 Å². The van der Waals surface area contributed by atoms with E-state index >= 15 is 0 Å². The first-order chi connectivity index (χ1) is 6.99. The van der Waals surface area contributed by atoms with Crippen LogP contribution in [0.3, 0.4) is 0 Å². The lowest BCUT2D eigenvalue weighted by molar-refractivity contribution is -0.141. The first-order valence-electron chi connectivity index (χ1n) is 5.25. The number of rotatable bonds is 7. The standard InChI is InChI=1S/C10H20N2O3/c1-3-8(11)9(13)12-6-4-5-7(2)10(14)15/h7-8H,3-6,11H2,1-2H3,(H,12,13)(H,14,15)/t7?,8-/m0/s1. The number of nitrogens with one attached hydrogen (secondary N) is 1. The van der Waals surface area contributed by atoms with Gasteiger partial charge in [-0.3, -0.25) is 9.59 Å². The van der Waals surface area contributed by atoms with E-state index < -0.39 is 12.0 Å². The second kappa shape index (κ2) is 7.23. The largest absolute Gasteiger partial charge is 0.481 e. The van der Waals surface area contributed by atoms with Crippen molar-refractivity contribution in [2.75, 3.05) is 6.54 Å². The second-order valence-corrected chi connectivity index (χ2v) is 3.69. The van der Waals surface area contributed by atoms with Crippen molar-refractivity contribution < 1.29 is 14.7 Å². The minimum absolute atomic E-state index is 0.166. The smallest absolute Gasteiger partial charge is 0.306 e. The molecular formula is C10H20N2O3. The first-order valence-corrected chi connectivity index (χ1v) is 5.25. The highest BCUT2D eigenvalue weighted by Gasteiger charge is 2.12. The van der Waals surface area contributed by atoms with E-state index in [0.717, 1.165) is 0 Å². The minimum Gasteiger partial charge on any atom is -0.481 e. The van der Waals surface area contributed by atoms with Crippen molar-refractivity contribution >= 4 is 11.9 Å². The molecule has 0 spiro atoms. The summed E-state index contributed by atoms with van der Waals surface area (Å²) in [6.07, 6.45) is 1.84. The normalized spacial score (nSPS) is 14.3. The van der Waals surface area contributed by atoms with Crippen LogP contribution in [-0.4, -0.2) is 29.6 Å². The Kier molecular flexibility index (Phi) is 6.70. The highest BCUT2D eigenvalue weighted by Crippen LogP contribution is 2.04. The van der Waals surface area contributed by atoms with Crippen molar-refractivity contribution in [3.05, 3.63) is 0 Å². The van der Waals surface area contributed by atoms with Gasteiger partial charge in [0.05, 0.1) is 12.0 Å². The van der Waals surface area contributed by atoms with E-state index in [2.05, 4.69) is 5.32 Å². The molecule has 0 rings (SSSR count). The van der Waals surface area contributed by atoms with Gasteiger partial charge >= 0.3 is 5.97 Å². The maximum Gasteiger partial charge on any atom is 0.306 e. The highest BCUT2D eigenvalue weighted by molar-refractivity contribution is 5.81. The Labute approximate surface area is 90.0 Å². The zero-order valence-electron chi connectivity index (χ0n) is 9.32. The van der Waals surface area contributed by atoms with Gasteiger partial charge in [0.15, 0.2) is 0 Å². The van der Waals surface area contributed by atoms with E-state index in [1.165, 1.54) is 0 Å².